The molecule has 1 aliphatic carbocycles. The molecule has 1 aromatic rings. The molecule has 178 valence electrons. The fourth-order valence-electron chi connectivity index (χ4n) is 3.94. The van der Waals surface area contributed by atoms with Gasteiger partial charge >= 0.3 is 18.3 Å². The van der Waals surface area contributed by atoms with Crippen molar-refractivity contribution >= 4 is 17.8 Å². The number of hydrogen-bond acceptors (Lipinski definition) is 6. The van der Waals surface area contributed by atoms with Crippen LogP contribution in [0, 0.1) is 11.3 Å². The summed E-state index contributed by atoms with van der Waals surface area (Å²) < 4.78 is 69.4. The number of nitrogens with one attached hydrogen (secondary N) is 1. The van der Waals surface area contributed by atoms with Crippen LogP contribution in [0.15, 0.2) is 12.4 Å². The number of aromatic nitrogens is 2. The van der Waals surface area contributed by atoms with Gasteiger partial charge in [0, 0.05) is 57.6 Å². The van der Waals surface area contributed by atoms with Gasteiger partial charge in [-0.1, -0.05) is 0 Å². The minimum absolute atomic E-state index is 0.135. The van der Waals surface area contributed by atoms with Crippen molar-refractivity contribution in [1.29, 1.82) is 0 Å². The van der Waals surface area contributed by atoms with E-state index in [4.69, 9.17) is 9.90 Å². The van der Waals surface area contributed by atoms with Crippen LogP contribution >= 0.6 is 0 Å². The van der Waals surface area contributed by atoms with Gasteiger partial charge in [-0.3, -0.25) is 4.79 Å². The van der Waals surface area contributed by atoms with E-state index in [0.717, 1.165) is 38.3 Å². The van der Waals surface area contributed by atoms with Crippen LogP contribution in [0.25, 0.3) is 0 Å². The van der Waals surface area contributed by atoms with Gasteiger partial charge in [-0.05, 0) is 18.3 Å². The monoisotopic (exact) mass is 469 g/mol. The second kappa shape index (κ2) is 8.71. The molecule has 0 unspecified atom stereocenters. The molecular formula is C18H21F6N5O3. The van der Waals surface area contributed by atoms with Crippen molar-refractivity contribution in [2.75, 3.05) is 44.2 Å². The Morgan fingerprint density at radius 2 is 1.50 bits per heavy atom. The van der Waals surface area contributed by atoms with Crippen LogP contribution in [0.4, 0.5) is 32.3 Å². The van der Waals surface area contributed by atoms with Crippen molar-refractivity contribution in [3.8, 4) is 0 Å². The maximum absolute atomic E-state index is 12.6. The Bertz CT molecular complexity index is 825. The third-order valence-corrected chi connectivity index (χ3v) is 5.79. The fourth-order valence-corrected chi connectivity index (χ4v) is 3.94. The zero-order valence-corrected chi connectivity index (χ0v) is 16.7. The van der Waals surface area contributed by atoms with E-state index in [-0.39, 0.29) is 17.8 Å². The van der Waals surface area contributed by atoms with Crippen molar-refractivity contribution in [3.63, 3.8) is 0 Å². The van der Waals surface area contributed by atoms with E-state index in [0.29, 0.717) is 31.6 Å². The lowest BCUT2D eigenvalue weighted by Gasteiger charge is -2.54. The van der Waals surface area contributed by atoms with Gasteiger partial charge in [0.25, 0.3) is 0 Å². The summed E-state index contributed by atoms with van der Waals surface area (Å²) in [6.45, 7) is 4.24. The Morgan fingerprint density at radius 1 is 1.00 bits per heavy atom. The molecule has 2 saturated heterocycles. The Hall–Kier alpha value is -2.64. The first-order chi connectivity index (χ1) is 14.8. The van der Waals surface area contributed by atoms with Crippen molar-refractivity contribution in [1.82, 2.24) is 20.2 Å². The second-order valence-electron chi connectivity index (χ2n) is 8.09. The van der Waals surface area contributed by atoms with Gasteiger partial charge in [-0.15, -0.1) is 0 Å². The number of carbonyl (C=O) groups excluding carboxylic acids is 1. The lowest BCUT2D eigenvalue weighted by molar-refractivity contribution is -0.192. The molecule has 0 bridgehead atoms. The average Bonchev–Trinajstić information content (AvgIpc) is 2.65. The Kier molecular flexibility index (Phi) is 6.54. The summed E-state index contributed by atoms with van der Waals surface area (Å²) in [6.07, 6.45) is -5.96. The molecule has 14 heteroatoms. The topological polar surface area (TPSA) is 98.7 Å². The number of anilines is 1. The smallest absolute Gasteiger partial charge is 0.475 e. The fraction of sp³-hybridized carbons (Fsp3) is 0.667. The van der Waals surface area contributed by atoms with Crippen LogP contribution in [0.2, 0.25) is 0 Å². The highest BCUT2D eigenvalue weighted by Crippen LogP contribution is 2.49. The molecule has 0 radical (unpaired) electrons. The zero-order valence-electron chi connectivity index (χ0n) is 16.7. The molecule has 2 N–H and O–H groups in total. The SMILES string of the molecule is O=C(C1CC2(CNC2)C1)N1CCN(c2ncc(C(F)(F)F)cn2)CC1.O=C(O)C(F)(F)F. The number of rotatable bonds is 2. The summed E-state index contributed by atoms with van der Waals surface area (Å²) in [5.74, 6) is -2.13. The zero-order chi connectivity index (χ0) is 23.7. The predicted octanol–water partition coefficient (Wildman–Crippen LogP) is 1.78. The molecule has 1 saturated carbocycles. The molecule has 1 aromatic heterocycles. The summed E-state index contributed by atoms with van der Waals surface area (Å²) in [7, 11) is 0. The summed E-state index contributed by atoms with van der Waals surface area (Å²) in [4.78, 5) is 32.8. The first-order valence-corrected chi connectivity index (χ1v) is 9.75. The average molecular weight is 469 g/mol. The summed E-state index contributed by atoms with van der Waals surface area (Å²) in [5, 5.41) is 10.4. The van der Waals surface area contributed by atoms with Crippen molar-refractivity contribution in [3.05, 3.63) is 18.0 Å². The Morgan fingerprint density at radius 3 is 1.88 bits per heavy atom. The number of halogens is 6. The van der Waals surface area contributed by atoms with E-state index in [1.54, 1.807) is 0 Å². The molecule has 3 heterocycles. The molecule has 8 nitrogen and oxygen atoms in total. The highest BCUT2D eigenvalue weighted by molar-refractivity contribution is 5.80. The molecule has 32 heavy (non-hydrogen) atoms. The van der Waals surface area contributed by atoms with Gasteiger partial charge in [-0.2, -0.15) is 26.3 Å². The molecule has 0 aromatic carbocycles. The molecule has 1 spiro atoms. The molecule has 3 fully saturated rings. The molecule has 3 aliphatic rings. The quantitative estimate of drug-likeness (QED) is 0.638. The van der Waals surface area contributed by atoms with E-state index in [1.807, 2.05) is 9.80 Å². The van der Waals surface area contributed by atoms with Gasteiger partial charge in [0.1, 0.15) is 0 Å². The lowest BCUT2D eigenvalue weighted by atomic mass is 9.58. The van der Waals surface area contributed by atoms with E-state index in [2.05, 4.69) is 15.3 Å². The number of carboxylic acid groups (broad SMARTS) is 1. The van der Waals surface area contributed by atoms with Gasteiger partial charge < -0.3 is 20.2 Å². The number of hydrogen-bond donors (Lipinski definition) is 2. The third-order valence-electron chi connectivity index (χ3n) is 5.79. The third kappa shape index (κ3) is 5.40. The molecule has 0 atom stereocenters. The Balaban J connectivity index is 0.000000360. The number of carboxylic acids is 1. The van der Waals surface area contributed by atoms with Crippen LogP contribution in [-0.2, 0) is 15.8 Å². The van der Waals surface area contributed by atoms with Gasteiger partial charge in [0.05, 0.1) is 5.56 Å². The number of piperazine rings is 1. The Labute approximate surface area is 178 Å². The van der Waals surface area contributed by atoms with E-state index in [1.165, 1.54) is 0 Å². The molecular weight excluding hydrogens is 448 g/mol. The van der Waals surface area contributed by atoms with Crippen LogP contribution in [-0.4, -0.2) is 77.3 Å². The summed E-state index contributed by atoms with van der Waals surface area (Å²) in [5.41, 5.74) is -0.481. The summed E-state index contributed by atoms with van der Waals surface area (Å²) in [6, 6.07) is 0. The first kappa shape index (κ1) is 24.0. The molecule has 1 amide bonds. The highest BCUT2D eigenvalue weighted by Gasteiger charge is 2.51. The van der Waals surface area contributed by atoms with E-state index < -0.39 is 23.9 Å². The van der Waals surface area contributed by atoms with Crippen LogP contribution < -0.4 is 10.2 Å². The number of alkyl halides is 6. The van der Waals surface area contributed by atoms with Crippen LogP contribution in [0.1, 0.15) is 18.4 Å². The van der Waals surface area contributed by atoms with Crippen molar-refractivity contribution < 1.29 is 41.0 Å². The minimum Gasteiger partial charge on any atom is -0.475 e. The molecule has 2 aliphatic heterocycles. The minimum atomic E-state index is -5.08. The number of aliphatic carboxylic acids is 1. The van der Waals surface area contributed by atoms with Gasteiger partial charge in [0.15, 0.2) is 0 Å². The lowest BCUT2D eigenvalue weighted by Crippen LogP contribution is -2.63. The van der Waals surface area contributed by atoms with Crippen molar-refractivity contribution in [2.45, 2.75) is 25.2 Å². The number of amides is 1. The van der Waals surface area contributed by atoms with Gasteiger partial charge in [-0.25, -0.2) is 14.8 Å². The maximum atomic E-state index is 12.6. The van der Waals surface area contributed by atoms with Crippen molar-refractivity contribution in [2.24, 2.45) is 11.3 Å². The van der Waals surface area contributed by atoms with E-state index in [9.17, 15) is 31.1 Å². The number of nitrogens with zero attached hydrogens (tertiary/aromatic N) is 4. The largest absolute Gasteiger partial charge is 0.490 e. The number of carbonyl (C=O) groups is 2. The molecule has 4 rings (SSSR count). The maximum Gasteiger partial charge on any atom is 0.490 e. The van der Waals surface area contributed by atoms with Crippen LogP contribution in [0.5, 0.6) is 0 Å². The second-order valence-corrected chi connectivity index (χ2v) is 8.09. The van der Waals surface area contributed by atoms with E-state index >= 15 is 0 Å². The predicted molar refractivity (Wildman–Crippen MR) is 97.5 cm³/mol. The standard InChI is InChI=1S/C16H20F3N5O.C2HF3O2/c17-16(18,19)12-7-21-14(22-8-12)24-3-1-23(2-4-24)13(25)11-5-15(6-11)9-20-10-15;3-2(4,5)1(6)7/h7-8,11,20H,1-6,9-10H2;(H,6,7). The van der Waals surface area contributed by atoms with Gasteiger partial charge in [0.2, 0.25) is 11.9 Å². The van der Waals surface area contributed by atoms with Crippen LogP contribution in [0.3, 0.4) is 0 Å². The highest BCUT2D eigenvalue weighted by atomic mass is 19.4. The normalized spacial score (nSPS) is 20.7. The summed E-state index contributed by atoms with van der Waals surface area (Å²) >= 11 is 0. The first-order valence-electron chi connectivity index (χ1n) is 9.75.